The molecule has 2 fully saturated rings. The maximum Gasteiger partial charge on any atom is 0.251 e. The number of carbonyl (C=O) groups is 1. The standard InChI is InChI=1S/C20H27N5O3S/c26-18(23-12-15-2-1-10-27-15)16-13-25-9-5-22-19(25)20(28-16)3-7-24(8-4-20)14-17-21-6-11-29-17/h5-6,9,11,15-16H,1-4,7-8,10,12-14H2,(H,23,26)/t15-,16-/m0/s1. The summed E-state index contributed by atoms with van der Waals surface area (Å²) >= 11 is 1.69. The third kappa shape index (κ3) is 3.96. The van der Waals surface area contributed by atoms with Crippen LogP contribution in [0.15, 0.2) is 24.0 Å². The number of ether oxygens (including phenoxy) is 2. The van der Waals surface area contributed by atoms with Gasteiger partial charge >= 0.3 is 0 Å². The molecule has 5 rings (SSSR count). The van der Waals surface area contributed by atoms with E-state index in [9.17, 15) is 4.79 Å². The molecule has 2 saturated heterocycles. The first-order valence-corrected chi connectivity index (χ1v) is 11.3. The average Bonchev–Trinajstić information content (AvgIpc) is 3.50. The highest BCUT2D eigenvalue weighted by Crippen LogP contribution is 2.40. The van der Waals surface area contributed by atoms with Crippen LogP contribution < -0.4 is 5.32 Å². The first-order chi connectivity index (χ1) is 14.2. The van der Waals surface area contributed by atoms with Crippen LogP contribution in [0.2, 0.25) is 0 Å². The topological polar surface area (TPSA) is 81.5 Å². The van der Waals surface area contributed by atoms with Crippen molar-refractivity contribution in [2.24, 2.45) is 0 Å². The van der Waals surface area contributed by atoms with Crippen molar-refractivity contribution in [3.05, 3.63) is 34.8 Å². The zero-order valence-electron chi connectivity index (χ0n) is 16.5. The van der Waals surface area contributed by atoms with Crippen molar-refractivity contribution in [1.82, 2.24) is 24.8 Å². The lowest BCUT2D eigenvalue weighted by Gasteiger charge is -2.45. The van der Waals surface area contributed by atoms with E-state index in [1.165, 1.54) is 0 Å². The minimum Gasteiger partial charge on any atom is -0.376 e. The van der Waals surface area contributed by atoms with Gasteiger partial charge < -0.3 is 19.4 Å². The third-order valence-corrected chi connectivity index (χ3v) is 6.94. The van der Waals surface area contributed by atoms with Crippen LogP contribution in [-0.2, 0) is 33.0 Å². The molecule has 3 aliphatic heterocycles. The van der Waals surface area contributed by atoms with Crippen LogP contribution >= 0.6 is 11.3 Å². The van der Waals surface area contributed by atoms with Gasteiger partial charge in [-0.05, 0) is 25.7 Å². The van der Waals surface area contributed by atoms with Crippen LogP contribution in [0.4, 0.5) is 0 Å². The van der Waals surface area contributed by atoms with E-state index >= 15 is 0 Å². The van der Waals surface area contributed by atoms with Crippen LogP contribution in [0.5, 0.6) is 0 Å². The number of imidazole rings is 1. The highest BCUT2D eigenvalue weighted by atomic mass is 32.1. The van der Waals surface area contributed by atoms with Crippen molar-refractivity contribution in [2.75, 3.05) is 26.2 Å². The second-order valence-electron chi connectivity index (χ2n) is 8.09. The van der Waals surface area contributed by atoms with Gasteiger partial charge in [-0.2, -0.15) is 0 Å². The Bertz CT molecular complexity index is 825. The predicted octanol–water partition coefficient (Wildman–Crippen LogP) is 1.52. The van der Waals surface area contributed by atoms with Gasteiger partial charge in [-0.3, -0.25) is 9.69 Å². The van der Waals surface area contributed by atoms with Crippen molar-refractivity contribution in [3.63, 3.8) is 0 Å². The quantitative estimate of drug-likeness (QED) is 0.795. The lowest BCUT2D eigenvalue weighted by Crippen LogP contribution is -2.54. The van der Waals surface area contributed by atoms with Gasteiger partial charge in [0.05, 0.1) is 19.2 Å². The normalized spacial score (nSPS) is 26.5. The minimum absolute atomic E-state index is 0.0514. The Morgan fingerprint density at radius 3 is 2.97 bits per heavy atom. The van der Waals surface area contributed by atoms with Crippen molar-refractivity contribution < 1.29 is 14.3 Å². The molecule has 5 heterocycles. The lowest BCUT2D eigenvalue weighted by atomic mass is 9.88. The molecule has 0 saturated carbocycles. The second-order valence-corrected chi connectivity index (χ2v) is 9.07. The SMILES string of the molecule is O=C(NC[C@@H]1CCCO1)[C@@H]1Cn2ccnc2C2(CCN(Cc3nccs3)CC2)O1. The molecule has 0 unspecified atom stereocenters. The van der Waals surface area contributed by atoms with Crippen LogP contribution in [0.25, 0.3) is 0 Å². The Kier molecular flexibility index (Phi) is 5.38. The fourth-order valence-electron chi connectivity index (χ4n) is 4.60. The Hall–Kier alpha value is -1.81. The second kappa shape index (κ2) is 8.14. The molecule has 1 spiro atoms. The largest absolute Gasteiger partial charge is 0.376 e. The molecule has 156 valence electrons. The van der Waals surface area contributed by atoms with E-state index < -0.39 is 11.7 Å². The van der Waals surface area contributed by atoms with E-state index in [1.54, 1.807) is 11.3 Å². The molecule has 0 bridgehead atoms. The summed E-state index contributed by atoms with van der Waals surface area (Å²) < 4.78 is 14.2. The maximum absolute atomic E-state index is 12.8. The molecule has 1 N–H and O–H groups in total. The van der Waals surface area contributed by atoms with Crippen LogP contribution in [0.1, 0.15) is 36.5 Å². The summed E-state index contributed by atoms with van der Waals surface area (Å²) in [6.07, 6.45) is 8.99. The fraction of sp³-hybridized carbons (Fsp3) is 0.650. The van der Waals surface area contributed by atoms with Crippen molar-refractivity contribution in [3.8, 4) is 0 Å². The Morgan fingerprint density at radius 1 is 1.31 bits per heavy atom. The molecule has 2 aromatic heterocycles. The number of rotatable bonds is 5. The summed E-state index contributed by atoms with van der Waals surface area (Å²) in [6.45, 7) is 4.53. The molecular weight excluding hydrogens is 390 g/mol. The summed E-state index contributed by atoms with van der Waals surface area (Å²) in [7, 11) is 0. The predicted molar refractivity (Wildman–Crippen MR) is 107 cm³/mol. The minimum atomic E-state index is -0.497. The molecule has 8 nitrogen and oxygen atoms in total. The molecule has 2 atom stereocenters. The molecule has 0 aliphatic carbocycles. The van der Waals surface area contributed by atoms with Gasteiger partial charge in [-0.15, -0.1) is 11.3 Å². The summed E-state index contributed by atoms with van der Waals surface area (Å²) in [5.41, 5.74) is -0.493. The number of amides is 1. The van der Waals surface area contributed by atoms with Gasteiger partial charge in [-0.1, -0.05) is 0 Å². The van der Waals surface area contributed by atoms with Gasteiger partial charge in [0, 0.05) is 50.2 Å². The summed E-state index contributed by atoms with van der Waals surface area (Å²) in [4.78, 5) is 24.2. The highest BCUT2D eigenvalue weighted by Gasteiger charge is 2.47. The first-order valence-electron chi connectivity index (χ1n) is 10.4. The highest BCUT2D eigenvalue weighted by molar-refractivity contribution is 7.09. The lowest BCUT2D eigenvalue weighted by molar-refractivity contribution is -0.174. The molecule has 2 aromatic rings. The van der Waals surface area contributed by atoms with Gasteiger partial charge in [0.25, 0.3) is 5.91 Å². The molecule has 0 aromatic carbocycles. The van der Waals surface area contributed by atoms with E-state index in [2.05, 4.69) is 24.8 Å². The molecule has 1 amide bonds. The molecule has 3 aliphatic rings. The average molecular weight is 418 g/mol. The van der Waals surface area contributed by atoms with E-state index in [4.69, 9.17) is 9.47 Å². The summed E-state index contributed by atoms with van der Waals surface area (Å²) in [5.74, 6) is 0.902. The maximum atomic E-state index is 12.8. The van der Waals surface area contributed by atoms with Crippen molar-refractivity contribution in [1.29, 1.82) is 0 Å². The number of hydrogen-bond donors (Lipinski definition) is 1. The third-order valence-electron chi connectivity index (χ3n) is 6.18. The van der Waals surface area contributed by atoms with E-state index in [-0.39, 0.29) is 12.0 Å². The Labute approximate surface area is 174 Å². The number of thiazole rings is 1. The number of nitrogens with one attached hydrogen (secondary N) is 1. The zero-order valence-corrected chi connectivity index (χ0v) is 17.3. The Morgan fingerprint density at radius 2 is 2.21 bits per heavy atom. The number of likely N-dealkylation sites (tertiary alicyclic amines) is 1. The number of aromatic nitrogens is 3. The first kappa shape index (κ1) is 19.2. The molecule has 9 heteroatoms. The van der Waals surface area contributed by atoms with E-state index in [0.29, 0.717) is 13.1 Å². The number of piperidine rings is 1. The number of carbonyl (C=O) groups excluding carboxylic acids is 1. The van der Waals surface area contributed by atoms with Gasteiger partial charge in [0.15, 0.2) is 6.10 Å². The molecule has 0 radical (unpaired) electrons. The molecular formula is C20H27N5O3S. The number of nitrogens with zero attached hydrogens (tertiary/aromatic N) is 4. The van der Waals surface area contributed by atoms with Crippen LogP contribution in [0.3, 0.4) is 0 Å². The van der Waals surface area contributed by atoms with Gasteiger partial charge in [0.1, 0.15) is 16.4 Å². The summed E-state index contributed by atoms with van der Waals surface area (Å²) in [5, 5.41) is 6.19. The van der Waals surface area contributed by atoms with E-state index in [1.807, 2.05) is 24.0 Å². The van der Waals surface area contributed by atoms with Crippen LogP contribution in [0, 0.1) is 0 Å². The van der Waals surface area contributed by atoms with Gasteiger partial charge in [-0.25, -0.2) is 9.97 Å². The fourth-order valence-corrected chi connectivity index (χ4v) is 5.26. The number of hydrogen-bond acceptors (Lipinski definition) is 7. The molecule has 29 heavy (non-hydrogen) atoms. The monoisotopic (exact) mass is 417 g/mol. The van der Waals surface area contributed by atoms with Crippen molar-refractivity contribution in [2.45, 2.75) is 56.6 Å². The van der Waals surface area contributed by atoms with Gasteiger partial charge in [0.2, 0.25) is 0 Å². The smallest absolute Gasteiger partial charge is 0.251 e. The van der Waals surface area contributed by atoms with E-state index in [0.717, 1.165) is 62.8 Å². The number of fused-ring (bicyclic) bond motifs is 2. The van der Waals surface area contributed by atoms with Crippen LogP contribution in [-0.4, -0.2) is 63.8 Å². The summed E-state index contributed by atoms with van der Waals surface area (Å²) in [6, 6.07) is 0. The zero-order chi connectivity index (χ0) is 19.7. The van der Waals surface area contributed by atoms with Crippen molar-refractivity contribution >= 4 is 17.2 Å². The Balaban J connectivity index is 1.25.